The summed E-state index contributed by atoms with van der Waals surface area (Å²) in [5.74, 6) is 1.10. The Morgan fingerprint density at radius 3 is 2.38 bits per heavy atom. The van der Waals surface area contributed by atoms with Gasteiger partial charge < -0.3 is 4.90 Å². The van der Waals surface area contributed by atoms with Gasteiger partial charge in [0, 0.05) is 26.2 Å². The lowest BCUT2D eigenvalue weighted by molar-refractivity contribution is 1.13. The molecule has 0 aliphatic carbocycles. The monoisotopic (exact) mass is 176 g/mol. The van der Waals surface area contributed by atoms with Crippen molar-refractivity contribution in [1.29, 1.82) is 0 Å². The predicted molar refractivity (Wildman–Crippen MR) is 58.5 cm³/mol. The summed E-state index contributed by atoms with van der Waals surface area (Å²) in [5.41, 5.74) is 1.19. The molecule has 0 N–H and O–H groups in total. The molecule has 0 radical (unpaired) electrons. The van der Waals surface area contributed by atoms with E-state index in [-0.39, 0.29) is 0 Å². The summed E-state index contributed by atoms with van der Waals surface area (Å²) in [7, 11) is 3.87. The van der Waals surface area contributed by atoms with Gasteiger partial charge in [-0.1, -0.05) is 25.1 Å². The summed E-state index contributed by atoms with van der Waals surface area (Å²) in [5, 5.41) is 0. The summed E-state index contributed by atoms with van der Waals surface area (Å²) in [4.78, 5) is 6.34. The first-order valence-electron chi connectivity index (χ1n) is 4.54. The van der Waals surface area contributed by atoms with Crippen LogP contribution in [-0.4, -0.2) is 19.9 Å². The number of benzene rings is 1. The third kappa shape index (κ3) is 2.31. The second-order valence-corrected chi connectivity index (χ2v) is 2.89. The fourth-order valence-electron chi connectivity index (χ4n) is 1.35. The van der Waals surface area contributed by atoms with Crippen molar-refractivity contribution in [3.05, 3.63) is 30.3 Å². The van der Waals surface area contributed by atoms with E-state index in [1.54, 1.807) is 0 Å². The molecule has 0 amide bonds. The number of nitrogens with zero attached hydrogens (tertiary/aromatic N) is 2. The van der Waals surface area contributed by atoms with Gasteiger partial charge in [-0.2, -0.15) is 0 Å². The number of para-hydroxylation sites is 1. The smallest absolute Gasteiger partial charge is 0.102 e. The van der Waals surface area contributed by atoms with Gasteiger partial charge in [0.05, 0.1) is 0 Å². The fraction of sp³-hybridized carbons (Fsp3) is 0.364. The van der Waals surface area contributed by atoms with E-state index in [9.17, 15) is 0 Å². The molecule has 0 aliphatic rings. The molecule has 1 aromatic rings. The zero-order chi connectivity index (χ0) is 9.68. The Morgan fingerprint density at radius 2 is 1.92 bits per heavy atom. The number of hydrogen-bond donors (Lipinski definition) is 0. The Kier molecular flexibility index (Phi) is 3.50. The van der Waals surface area contributed by atoms with Crippen molar-refractivity contribution in [2.45, 2.75) is 13.3 Å². The number of amidine groups is 1. The van der Waals surface area contributed by atoms with Crippen molar-refractivity contribution < 1.29 is 0 Å². The molecule has 0 unspecified atom stereocenters. The van der Waals surface area contributed by atoms with Crippen LogP contribution in [0.3, 0.4) is 0 Å². The van der Waals surface area contributed by atoms with E-state index in [0.29, 0.717) is 0 Å². The topological polar surface area (TPSA) is 15.6 Å². The van der Waals surface area contributed by atoms with Crippen LogP contribution >= 0.6 is 0 Å². The van der Waals surface area contributed by atoms with Crippen LogP contribution in [-0.2, 0) is 0 Å². The highest BCUT2D eigenvalue weighted by molar-refractivity contribution is 5.96. The van der Waals surface area contributed by atoms with Crippen LogP contribution in [0.5, 0.6) is 0 Å². The van der Waals surface area contributed by atoms with Gasteiger partial charge in [0.25, 0.3) is 0 Å². The maximum Gasteiger partial charge on any atom is 0.102 e. The normalized spacial score (nSPS) is 11.5. The van der Waals surface area contributed by atoms with Gasteiger partial charge in [-0.05, 0) is 12.1 Å². The number of rotatable bonds is 2. The highest BCUT2D eigenvalue weighted by Crippen LogP contribution is 2.12. The molecule has 2 nitrogen and oxygen atoms in total. The molecule has 1 aromatic carbocycles. The van der Waals surface area contributed by atoms with Crippen LogP contribution in [0.4, 0.5) is 5.69 Å². The second kappa shape index (κ2) is 4.65. The van der Waals surface area contributed by atoms with Crippen molar-refractivity contribution in [1.82, 2.24) is 0 Å². The van der Waals surface area contributed by atoms with E-state index in [1.807, 2.05) is 32.3 Å². The first-order valence-corrected chi connectivity index (χ1v) is 4.54. The van der Waals surface area contributed by atoms with Crippen molar-refractivity contribution in [2.75, 3.05) is 19.0 Å². The van der Waals surface area contributed by atoms with Gasteiger partial charge in [0.2, 0.25) is 0 Å². The lowest BCUT2D eigenvalue weighted by Gasteiger charge is -2.19. The van der Waals surface area contributed by atoms with Gasteiger partial charge in [-0.25, -0.2) is 0 Å². The lowest BCUT2D eigenvalue weighted by atomic mass is 10.3. The lowest BCUT2D eigenvalue weighted by Crippen LogP contribution is -2.25. The summed E-state index contributed by atoms with van der Waals surface area (Å²) in [6, 6.07) is 10.3. The molecule has 70 valence electrons. The van der Waals surface area contributed by atoms with Crippen LogP contribution in [0.2, 0.25) is 0 Å². The molecule has 0 spiro atoms. The van der Waals surface area contributed by atoms with Gasteiger partial charge in [-0.15, -0.1) is 0 Å². The third-order valence-electron chi connectivity index (χ3n) is 2.11. The van der Waals surface area contributed by atoms with E-state index in [4.69, 9.17) is 0 Å². The minimum Gasteiger partial charge on any atom is -0.333 e. The highest BCUT2D eigenvalue weighted by Gasteiger charge is 2.03. The summed E-state index contributed by atoms with van der Waals surface area (Å²) >= 11 is 0. The van der Waals surface area contributed by atoms with Crippen LogP contribution < -0.4 is 4.90 Å². The molecule has 0 saturated carbocycles. The van der Waals surface area contributed by atoms with E-state index < -0.39 is 0 Å². The minimum atomic E-state index is 0.960. The largest absolute Gasteiger partial charge is 0.333 e. The number of hydrogen-bond acceptors (Lipinski definition) is 1. The Hall–Kier alpha value is -1.31. The maximum atomic E-state index is 4.23. The summed E-state index contributed by atoms with van der Waals surface area (Å²) < 4.78 is 0. The molecule has 0 atom stereocenters. The van der Waals surface area contributed by atoms with Crippen LogP contribution in [0, 0.1) is 0 Å². The SMILES string of the molecule is CC/C(=N/C)N(C)c1ccccc1. The van der Waals surface area contributed by atoms with Crippen molar-refractivity contribution in [3.8, 4) is 0 Å². The molecular formula is C11H16N2. The van der Waals surface area contributed by atoms with E-state index in [2.05, 4.69) is 28.9 Å². The average molecular weight is 176 g/mol. The van der Waals surface area contributed by atoms with Crippen molar-refractivity contribution in [3.63, 3.8) is 0 Å². The zero-order valence-corrected chi connectivity index (χ0v) is 8.49. The molecule has 0 aromatic heterocycles. The Bertz CT molecular complexity index is 277. The Morgan fingerprint density at radius 1 is 1.31 bits per heavy atom. The molecular weight excluding hydrogens is 160 g/mol. The molecule has 2 heteroatoms. The molecule has 0 saturated heterocycles. The number of aliphatic imine (C=N–C) groups is 1. The summed E-state index contributed by atoms with van der Waals surface area (Å²) in [6.07, 6.45) is 0.960. The molecule has 0 heterocycles. The van der Waals surface area contributed by atoms with Gasteiger partial charge in [-0.3, -0.25) is 4.99 Å². The summed E-state index contributed by atoms with van der Waals surface area (Å²) in [6.45, 7) is 2.11. The predicted octanol–water partition coefficient (Wildman–Crippen LogP) is 2.56. The van der Waals surface area contributed by atoms with Gasteiger partial charge in [0.15, 0.2) is 0 Å². The third-order valence-corrected chi connectivity index (χ3v) is 2.11. The van der Waals surface area contributed by atoms with E-state index in [1.165, 1.54) is 5.69 Å². The van der Waals surface area contributed by atoms with E-state index >= 15 is 0 Å². The first kappa shape index (κ1) is 9.78. The Balaban J connectivity index is 2.85. The maximum absolute atomic E-state index is 4.23. The van der Waals surface area contributed by atoms with Crippen LogP contribution in [0.25, 0.3) is 0 Å². The van der Waals surface area contributed by atoms with E-state index in [0.717, 1.165) is 12.3 Å². The molecule has 1 rings (SSSR count). The van der Waals surface area contributed by atoms with Crippen molar-refractivity contribution >= 4 is 11.5 Å². The molecule has 0 aliphatic heterocycles. The minimum absolute atomic E-state index is 0.960. The average Bonchev–Trinajstić information content (AvgIpc) is 2.21. The van der Waals surface area contributed by atoms with Gasteiger partial charge >= 0.3 is 0 Å². The van der Waals surface area contributed by atoms with Gasteiger partial charge in [0.1, 0.15) is 5.84 Å². The second-order valence-electron chi connectivity index (χ2n) is 2.89. The molecule has 0 fully saturated rings. The van der Waals surface area contributed by atoms with Crippen LogP contribution in [0.15, 0.2) is 35.3 Å². The molecule has 13 heavy (non-hydrogen) atoms. The first-order chi connectivity index (χ1) is 6.29. The number of anilines is 1. The van der Waals surface area contributed by atoms with Crippen molar-refractivity contribution in [2.24, 2.45) is 4.99 Å². The molecule has 0 bridgehead atoms. The quantitative estimate of drug-likeness (QED) is 0.499. The highest BCUT2D eigenvalue weighted by atomic mass is 15.2. The van der Waals surface area contributed by atoms with Crippen LogP contribution in [0.1, 0.15) is 13.3 Å². The standard InChI is InChI=1S/C11H16N2/c1-4-11(12-2)13(3)10-8-6-5-7-9-10/h5-9H,4H2,1-3H3/b12-11-. The fourth-order valence-corrected chi connectivity index (χ4v) is 1.35. The zero-order valence-electron chi connectivity index (χ0n) is 8.49. The Labute approximate surface area is 79.9 Å².